The minimum atomic E-state index is -0.460. The summed E-state index contributed by atoms with van der Waals surface area (Å²) >= 11 is 0. The standard InChI is InChI=1S/C14H25NO2/c1-14(13(16)17-2,10-11-8-9-11)15-12-6-4-3-5-7-12/h11-12,15H,3-10H2,1-2H3. The van der Waals surface area contributed by atoms with Gasteiger partial charge in [-0.1, -0.05) is 32.1 Å². The van der Waals surface area contributed by atoms with Crippen LogP contribution in [0.25, 0.3) is 0 Å². The molecule has 3 nitrogen and oxygen atoms in total. The van der Waals surface area contributed by atoms with Crippen molar-refractivity contribution < 1.29 is 9.53 Å². The summed E-state index contributed by atoms with van der Waals surface area (Å²) in [5.74, 6) is 0.644. The summed E-state index contributed by atoms with van der Waals surface area (Å²) in [6.45, 7) is 2.02. The Morgan fingerprint density at radius 3 is 2.41 bits per heavy atom. The van der Waals surface area contributed by atoms with Crippen molar-refractivity contribution in [3.8, 4) is 0 Å². The van der Waals surface area contributed by atoms with Gasteiger partial charge in [-0.15, -0.1) is 0 Å². The van der Waals surface area contributed by atoms with Crippen LogP contribution in [0.1, 0.15) is 58.3 Å². The number of hydrogen-bond donors (Lipinski definition) is 1. The zero-order chi connectivity index (χ0) is 12.3. The quantitative estimate of drug-likeness (QED) is 0.750. The van der Waals surface area contributed by atoms with E-state index >= 15 is 0 Å². The first kappa shape index (κ1) is 12.9. The fraction of sp³-hybridized carbons (Fsp3) is 0.929. The molecule has 1 unspecified atom stereocenters. The van der Waals surface area contributed by atoms with Crippen LogP contribution in [0.4, 0.5) is 0 Å². The highest BCUT2D eigenvalue weighted by molar-refractivity contribution is 5.80. The molecule has 0 amide bonds. The number of nitrogens with one attached hydrogen (secondary N) is 1. The third-order valence-electron chi connectivity index (χ3n) is 4.16. The monoisotopic (exact) mass is 239 g/mol. The predicted octanol–water partition coefficient (Wildman–Crippen LogP) is 2.64. The van der Waals surface area contributed by atoms with Crippen molar-refractivity contribution in [1.29, 1.82) is 0 Å². The van der Waals surface area contributed by atoms with Crippen molar-refractivity contribution in [1.82, 2.24) is 5.32 Å². The van der Waals surface area contributed by atoms with E-state index in [1.165, 1.54) is 52.1 Å². The largest absolute Gasteiger partial charge is 0.468 e. The fourth-order valence-electron chi connectivity index (χ4n) is 3.02. The molecule has 2 aliphatic carbocycles. The summed E-state index contributed by atoms with van der Waals surface area (Å²) in [6, 6.07) is 0.506. The normalized spacial score (nSPS) is 25.3. The molecule has 0 aromatic carbocycles. The minimum absolute atomic E-state index is 0.0880. The number of ether oxygens (including phenoxy) is 1. The Bertz CT molecular complexity index is 269. The Labute approximate surface area is 104 Å². The van der Waals surface area contributed by atoms with E-state index < -0.39 is 5.54 Å². The van der Waals surface area contributed by atoms with E-state index in [-0.39, 0.29) is 5.97 Å². The van der Waals surface area contributed by atoms with Gasteiger partial charge in [0.1, 0.15) is 5.54 Å². The van der Waals surface area contributed by atoms with E-state index in [0.29, 0.717) is 6.04 Å². The van der Waals surface area contributed by atoms with Gasteiger partial charge in [-0.2, -0.15) is 0 Å². The lowest BCUT2D eigenvalue weighted by molar-refractivity contribution is -0.149. The van der Waals surface area contributed by atoms with Crippen molar-refractivity contribution in [3.63, 3.8) is 0 Å². The molecule has 1 N–H and O–H groups in total. The second-order valence-electron chi connectivity index (χ2n) is 5.95. The summed E-state index contributed by atoms with van der Waals surface area (Å²) in [5, 5.41) is 3.58. The van der Waals surface area contributed by atoms with Crippen molar-refractivity contribution >= 4 is 5.97 Å². The lowest BCUT2D eigenvalue weighted by atomic mass is 9.89. The summed E-state index contributed by atoms with van der Waals surface area (Å²) in [6.07, 6.45) is 9.83. The first-order valence-corrected chi connectivity index (χ1v) is 7.00. The van der Waals surface area contributed by atoms with E-state index in [4.69, 9.17) is 4.74 Å². The van der Waals surface area contributed by atoms with Crippen molar-refractivity contribution in [2.24, 2.45) is 5.92 Å². The van der Waals surface area contributed by atoms with Gasteiger partial charge in [0.15, 0.2) is 0 Å². The molecule has 2 aliphatic rings. The van der Waals surface area contributed by atoms with Crippen LogP contribution in [0.15, 0.2) is 0 Å². The molecule has 0 bridgehead atoms. The summed E-state index contributed by atoms with van der Waals surface area (Å²) in [4.78, 5) is 12.0. The Hall–Kier alpha value is -0.570. The van der Waals surface area contributed by atoms with Crippen molar-refractivity contribution in [2.45, 2.75) is 69.9 Å². The number of hydrogen-bond acceptors (Lipinski definition) is 3. The molecule has 0 spiro atoms. The van der Waals surface area contributed by atoms with E-state index in [1.807, 2.05) is 6.92 Å². The Kier molecular flexibility index (Phi) is 4.08. The molecule has 0 aliphatic heterocycles. The van der Waals surface area contributed by atoms with Crippen LogP contribution in [-0.4, -0.2) is 24.7 Å². The third kappa shape index (κ3) is 3.44. The first-order valence-electron chi connectivity index (χ1n) is 7.00. The zero-order valence-electron chi connectivity index (χ0n) is 11.1. The molecule has 98 valence electrons. The van der Waals surface area contributed by atoms with Crippen LogP contribution in [0.5, 0.6) is 0 Å². The second-order valence-corrected chi connectivity index (χ2v) is 5.95. The Balaban J connectivity index is 1.95. The molecule has 2 saturated carbocycles. The fourth-order valence-corrected chi connectivity index (χ4v) is 3.02. The molecule has 2 fully saturated rings. The second kappa shape index (κ2) is 5.38. The molecule has 2 rings (SSSR count). The average molecular weight is 239 g/mol. The number of methoxy groups -OCH3 is 1. The molecule has 17 heavy (non-hydrogen) atoms. The van der Waals surface area contributed by atoms with E-state index in [1.54, 1.807) is 0 Å². The maximum Gasteiger partial charge on any atom is 0.325 e. The highest BCUT2D eigenvalue weighted by Crippen LogP contribution is 2.37. The van der Waals surface area contributed by atoms with Gasteiger partial charge in [0, 0.05) is 6.04 Å². The van der Waals surface area contributed by atoms with Gasteiger partial charge in [0.2, 0.25) is 0 Å². The highest BCUT2D eigenvalue weighted by Gasteiger charge is 2.41. The molecule has 1 atom stereocenters. The lowest BCUT2D eigenvalue weighted by Crippen LogP contribution is -2.55. The molecule has 0 aromatic heterocycles. The van der Waals surface area contributed by atoms with Gasteiger partial charge in [0.25, 0.3) is 0 Å². The predicted molar refractivity (Wildman–Crippen MR) is 67.8 cm³/mol. The van der Waals surface area contributed by atoms with Gasteiger partial charge in [0.05, 0.1) is 7.11 Å². The molecule has 0 saturated heterocycles. The van der Waals surface area contributed by atoms with E-state index in [2.05, 4.69) is 5.32 Å². The highest BCUT2D eigenvalue weighted by atomic mass is 16.5. The summed E-state index contributed by atoms with van der Waals surface area (Å²) < 4.78 is 4.98. The van der Waals surface area contributed by atoms with Crippen molar-refractivity contribution in [2.75, 3.05) is 7.11 Å². The lowest BCUT2D eigenvalue weighted by Gasteiger charge is -2.34. The number of carbonyl (C=O) groups excluding carboxylic acids is 1. The first-order chi connectivity index (χ1) is 8.14. The number of esters is 1. The van der Waals surface area contributed by atoms with Crippen LogP contribution in [0, 0.1) is 5.92 Å². The van der Waals surface area contributed by atoms with Gasteiger partial charge >= 0.3 is 5.97 Å². The third-order valence-corrected chi connectivity index (χ3v) is 4.16. The van der Waals surface area contributed by atoms with Crippen LogP contribution in [0.2, 0.25) is 0 Å². The van der Waals surface area contributed by atoms with Gasteiger partial charge in [-0.05, 0) is 32.1 Å². The Morgan fingerprint density at radius 1 is 1.24 bits per heavy atom. The maximum atomic E-state index is 12.0. The average Bonchev–Trinajstić information content (AvgIpc) is 3.13. The van der Waals surface area contributed by atoms with Crippen LogP contribution in [-0.2, 0) is 9.53 Å². The molecule has 3 heteroatoms. The molecular weight excluding hydrogens is 214 g/mol. The van der Waals surface area contributed by atoms with Crippen LogP contribution in [0.3, 0.4) is 0 Å². The smallest absolute Gasteiger partial charge is 0.325 e. The SMILES string of the molecule is COC(=O)C(C)(CC1CC1)NC1CCCCC1. The molecule has 0 aromatic rings. The van der Waals surface area contributed by atoms with E-state index in [9.17, 15) is 4.79 Å². The number of rotatable bonds is 5. The van der Waals surface area contributed by atoms with Crippen molar-refractivity contribution in [3.05, 3.63) is 0 Å². The summed E-state index contributed by atoms with van der Waals surface area (Å²) in [7, 11) is 1.50. The van der Waals surface area contributed by atoms with Gasteiger partial charge in [-0.25, -0.2) is 0 Å². The zero-order valence-corrected chi connectivity index (χ0v) is 11.1. The van der Waals surface area contributed by atoms with Crippen LogP contribution < -0.4 is 5.32 Å². The number of carbonyl (C=O) groups is 1. The molecular formula is C14H25NO2. The molecule has 0 radical (unpaired) electrons. The summed E-state index contributed by atoms with van der Waals surface area (Å²) in [5.41, 5.74) is -0.460. The van der Waals surface area contributed by atoms with Gasteiger partial charge < -0.3 is 4.74 Å². The van der Waals surface area contributed by atoms with Gasteiger partial charge in [-0.3, -0.25) is 10.1 Å². The van der Waals surface area contributed by atoms with E-state index in [0.717, 1.165) is 12.3 Å². The van der Waals surface area contributed by atoms with Crippen LogP contribution >= 0.6 is 0 Å². The molecule has 0 heterocycles. The minimum Gasteiger partial charge on any atom is -0.468 e. The Morgan fingerprint density at radius 2 is 1.88 bits per heavy atom. The topological polar surface area (TPSA) is 38.3 Å². The maximum absolute atomic E-state index is 12.0.